The number of rotatable bonds is 6. The van der Waals surface area contributed by atoms with Crippen LogP contribution in [0.2, 0.25) is 0 Å². The molecule has 0 aromatic carbocycles. The number of ether oxygens (including phenoxy) is 1. The zero-order valence-electron chi connectivity index (χ0n) is 13.9. The van der Waals surface area contributed by atoms with E-state index in [4.69, 9.17) is 4.74 Å². The lowest BCUT2D eigenvalue weighted by Gasteiger charge is -2.37. The number of likely N-dealkylation sites (tertiary alicyclic amines) is 1. The van der Waals surface area contributed by atoms with E-state index in [1.54, 1.807) is 0 Å². The predicted molar refractivity (Wildman–Crippen MR) is 82.8 cm³/mol. The summed E-state index contributed by atoms with van der Waals surface area (Å²) in [7, 11) is 0. The average molecular weight is 284 g/mol. The standard InChI is InChI=1S/C16H32N2O2/c1-6-14(15(19)20-7-2)18-10-8-9-13(12-18)11-17-16(3,4)5/h13-14,17H,6-12H2,1-5H3. The van der Waals surface area contributed by atoms with Crippen LogP contribution in [0.1, 0.15) is 53.9 Å². The van der Waals surface area contributed by atoms with Crippen molar-refractivity contribution in [3.63, 3.8) is 0 Å². The molecule has 1 rings (SSSR count). The minimum Gasteiger partial charge on any atom is -0.465 e. The number of hydrogen-bond donors (Lipinski definition) is 1. The van der Waals surface area contributed by atoms with Crippen molar-refractivity contribution in [2.75, 3.05) is 26.2 Å². The van der Waals surface area contributed by atoms with Gasteiger partial charge in [0.1, 0.15) is 6.04 Å². The van der Waals surface area contributed by atoms with Crippen molar-refractivity contribution in [2.24, 2.45) is 5.92 Å². The number of esters is 1. The van der Waals surface area contributed by atoms with Crippen molar-refractivity contribution >= 4 is 5.97 Å². The highest BCUT2D eigenvalue weighted by Crippen LogP contribution is 2.20. The number of hydrogen-bond acceptors (Lipinski definition) is 4. The maximum absolute atomic E-state index is 12.0. The fourth-order valence-corrected chi connectivity index (χ4v) is 2.81. The third-order valence-electron chi connectivity index (χ3n) is 3.86. The van der Waals surface area contributed by atoms with Crippen LogP contribution in [0, 0.1) is 5.92 Å². The van der Waals surface area contributed by atoms with E-state index in [1.165, 1.54) is 12.8 Å². The Balaban J connectivity index is 2.52. The van der Waals surface area contributed by atoms with Gasteiger partial charge < -0.3 is 10.1 Å². The molecule has 118 valence electrons. The maximum atomic E-state index is 12.0. The van der Waals surface area contributed by atoms with E-state index in [9.17, 15) is 4.79 Å². The van der Waals surface area contributed by atoms with Crippen LogP contribution in [-0.2, 0) is 9.53 Å². The molecule has 4 heteroatoms. The third kappa shape index (κ3) is 5.80. The van der Waals surface area contributed by atoms with Gasteiger partial charge in [-0.05, 0) is 66.0 Å². The molecule has 0 saturated carbocycles. The Morgan fingerprint density at radius 3 is 2.65 bits per heavy atom. The van der Waals surface area contributed by atoms with Crippen LogP contribution in [0.3, 0.4) is 0 Å². The molecule has 2 atom stereocenters. The zero-order chi connectivity index (χ0) is 15.2. The molecule has 2 unspecified atom stereocenters. The first-order valence-electron chi connectivity index (χ1n) is 8.03. The average Bonchev–Trinajstić information content (AvgIpc) is 2.37. The third-order valence-corrected chi connectivity index (χ3v) is 3.86. The maximum Gasteiger partial charge on any atom is 0.323 e. The molecular weight excluding hydrogens is 252 g/mol. The SMILES string of the molecule is CCOC(=O)C(CC)N1CCCC(CNC(C)(C)C)C1. The van der Waals surface area contributed by atoms with Gasteiger partial charge in [0.15, 0.2) is 0 Å². The molecule has 4 nitrogen and oxygen atoms in total. The summed E-state index contributed by atoms with van der Waals surface area (Å²) in [6.45, 7) is 14.0. The predicted octanol–water partition coefficient (Wildman–Crippen LogP) is 2.43. The van der Waals surface area contributed by atoms with Crippen LogP contribution in [0.15, 0.2) is 0 Å². The summed E-state index contributed by atoms with van der Waals surface area (Å²) in [6, 6.07) is -0.0626. The van der Waals surface area contributed by atoms with E-state index in [0.717, 1.165) is 26.1 Å². The highest BCUT2D eigenvalue weighted by Gasteiger charge is 2.30. The van der Waals surface area contributed by atoms with Gasteiger partial charge in [-0.3, -0.25) is 9.69 Å². The molecule has 0 aliphatic carbocycles. The Morgan fingerprint density at radius 1 is 1.40 bits per heavy atom. The van der Waals surface area contributed by atoms with Gasteiger partial charge in [0, 0.05) is 12.1 Å². The van der Waals surface area contributed by atoms with Crippen molar-refractivity contribution in [2.45, 2.75) is 65.5 Å². The fraction of sp³-hybridized carbons (Fsp3) is 0.938. The van der Waals surface area contributed by atoms with Crippen molar-refractivity contribution < 1.29 is 9.53 Å². The Kier molecular flexibility index (Phi) is 6.96. The Hall–Kier alpha value is -0.610. The van der Waals surface area contributed by atoms with Crippen LogP contribution in [0.4, 0.5) is 0 Å². The molecular formula is C16H32N2O2. The first-order chi connectivity index (χ1) is 9.37. The van der Waals surface area contributed by atoms with E-state index in [1.807, 2.05) is 6.92 Å². The van der Waals surface area contributed by atoms with Crippen LogP contribution in [-0.4, -0.2) is 48.7 Å². The molecule has 1 aliphatic heterocycles. The minimum absolute atomic E-state index is 0.0561. The van der Waals surface area contributed by atoms with Crippen molar-refractivity contribution in [1.29, 1.82) is 0 Å². The van der Waals surface area contributed by atoms with Gasteiger partial charge in [0.2, 0.25) is 0 Å². The molecule has 20 heavy (non-hydrogen) atoms. The lowest BCUT2D eigenvalue weighted by Crippen LogP contribution is -2.50. The van der Waals surface area contributed by atoms with Crippen LogP contribution < -0.4 is 5.32 Å². The number of piperidine rings is 1. The summed E-state index contributed by atoms with van der Waals surface area (Å²) < 4.78 is 5.20. The van der Waals surface area contributed by atoms with E-state index >= 15 is 0 Å². The van der Waals surface area contributed by atoms with Crippen molar-refractivity contribution in [3.8, 4) is 0 Å². The summed E-state index contributed by atoms with van der Waals surface area (Å²) in [5, 5.41) is 3.58. The summed E-state index contributed by atoms with van der Waals surface area (Å²) in [5.74, 6) is 0.575. The quantitative estimate of drug-likeness (QED) is 0.761. The smallest absolute Gasteiger partial charge is 0.323 e. The number of carbonyl (C=O) groups is 1. The van der Waals surface area contributed by atoms with Crippen molar-refractivity contribution in [3.05, 3.63) is 0 Å². The summed E-state index contributed by atoms with van der Waals surface area (Å²) >= 11 is 0. The molecule has 0 spiro atoms. The molecule has 0 aromatic rings. The topological polar surface area (TPSA) is 41.6 Å². The van der Waals surface area contributed by atoms with Crippen LogP contribution in [0.25, 0.3) is 0 Å². The van der Waals surface area contributed by atoms with E-state index in [2.05, 4.69) is 37.9 Å². The second-order valence-electron chi connectivity index (χ2n) is 6.81. The monoisotopic (exact) mass is 284 g/mol. The van der Waals surface area contributed by atoms with Gasteiger partial charge in [0.25, 0.3) is 0 Å². The Bertz CT molecular complexity index is 299. The summed E-state index contributed by atoms with van der Waals surface area (Å²) in [6.07, 6.45) is 3.25. The Labute approximate surface area is 124 Å². The first kappa shape index (κ1) is 17.4. The second kappa shape index (κ2) is 7.99. The van der Waals surface area contributed by atoms with Gasteiger partial charge >= 0.3 is 5.97 Å². The summed E-state index contributed by atoms with van der Waals surface area (Å²) in [5.41, 5.74) is 0.160. The molecule has 1 saturated heterocycles. The molecule has 0 amide bonds. The largest absolute Gasteiger partial charge is 0.465 e. The Morgan fingerprint density at radius 2 is 2.10 bits per heavy atom. The molecule has 1 heterocycles. The van der Waals surface area contributed by atoms with E-state index in [0.29, 0.717) is 12.5 Å². The number of nitrogens with one attached hydrogen (secondary N) is 1. The van der Waals surface area contributed by atoms with Gasteiger partial charge in [-0.2, -0.15) is 0 Å². The minimum atomic E-state index is -0.0626. The fourth-order valence-electron chi connectivity index (χ4n) is 2.81. The number of carbonyl (C=O) groups excluding carboxylic acids is 1. The van der Waals surface area contributed by atoms with Gasteiger partial charge in [-0.15, -0.1) is 0 Å². The molecule has 1 fully saturated rings. The lowest BCUT2D eigenvalue weighted by molar-refractivity contribution is -0.150. The molecule has 1 N–H and O–H groups in total. The first-order valence-corrected chi connectivity index (χ1v) is 8.03. The molecule has 0 bridgehead atoms. The second-order valence-corrected chi connectivity index (χ2v) is 6.81. The normalized spacial score (nSPS) is 22.6. The number of nitrogens with zero attached hydrogens (tertiary/aromatic N) is 1. The zero-order valence-corrected chi connectivity index (χ0v) is 13.9. The van der Waals surface area contributed by atoms with Gasteiger partial charge in [0.05, 0.1) is 6.61 Å². The summed E-state index contributed by atoms with van der Waals surface area (Å²) in [4.78, 5) is 14.3. The van der Waals surface area contributed by atoms with Crippen molar-refractivity contribution in [1.82, 2.24) is 10.2 Å². The van der Waals surface area contributed by atoms with E-state index in [-0.39, 0.29) is 17.6 Å². The van der Waals surface area contributed by atoms with Gasteiger partial charge in [-0.25, -0.2) is 0 Å². The molecule has 0 aromatic heterocycles. The van der Waals surface area contributed by atoms with Crippen LogP contribution >= 0.6 is 0 Å². The van der Waals surface area contributed by atoms with Gasteiger partial charge in [-0.1, -0.05) is 6.92 Å². The molecule has 1 aliphatic rings. The van der Waals surface area contributed by atoms with E-state index < -0.39 is 0 Å². The molecule has 0 radical (unpaired) electrons. The van der Waals surface area contributed by atoms with Crippen LogP contribution in [0.5, 0.6) is 0 Å². The highest BCUT2D eigenvalue weighted by atomic mass is 16.5. The highest BCUT2D eigenvalue weighted by molar-refractivity contribution is 5.75. The lowest BCUT2D eigenvalue weighted by atomic mass is 9.95.